The fraction of sp³-hybridized carbons (Fsp3) is 0.300. The third kappa shape index (κ3) is 3.59. The molecule has 0 aromatic heterocycles. The van der Waals surface area contributed by atoms with Crippen LogP contribution in [0.2, 0.25) is 0 Å². The molecule has 2 nitrogen and oxygen atoms in total. The number of esters is 1. The Balaban J connectivity index is 2.50. The summed E-state index contributed by atoms with van der Waals surface area (Å²) in [6.07, 6.45) is 1.17. The van der Waals surface area contributed by atoms with Crippen molar-refractivity contribution >= 4 is 21.9 Å². The Kier molecular flexibility index (Phi) is 3.96. The zero-order valence-electron chi connectivity index (χ0n) is 7.42. The van der Waals surface area contributed by atoms with Gasteiger partial charge in [0.25, 0.3) is 0 Å². The minimum atomic E-state index is -0.167. The topological polar surface area (TPSA) is 26.3 Å². The third-order valence-corrected chi connectivity index (χ3v) is 2.23. The second kappa shape index (κ2) is 5.02. The van der Waals surface area contributed by atoms with Crippen molar-refractivity contribution in [2.24, 2.45) is 0 Å². The highest BCUT2D eigenvalue weighted by Gasteiger charge is 2.00. The predicted octanol–water partition coefficient (Wildman–Crippen LogP) is 2.55. The maximum Gasteiger partial charge on any atom is 0.305 e. The zero-order chi connectivity index (χ0) is 9.68. The number of halogens is 1. The largest absolute Gasteiger partial charge is 0.469 e. The highest BCUT2D eigenvalue weighted by molar-refractivity contribution is 9.10. The lowest BCUT2D eigenvalue weighted by atomic mass is 10.1. The molecule has 0 spiro atoms. The van der Waals surface area contributed by atoms with Gasteiger partial charge in [0.1, 0.15) is 0 Å². The summed E-state index contributed by atoms with van der Waals surface area (Å²) in [5.41, 5.74) is 1.14. The first-order valence-electron chi connectivity index (χ1n) is 4.03. The summed E-state index contributed by atoms with van der Waals surface area (Å²) in [6, 6.07) is 7.91. The van der Waals surface area contributed by atoms with E-state index in [0.717, 1.165) is 16.5 Å². The van der Waals surface area contributed by atoms with E-state index in [-0.39, 0.29) is 5.97 Å². The van der Waals surface area contributed by atoms with E-state index in [2.05, 4.69) is 20.7 Å². The molecular weight excluding hydrogens is 232 g/mol. The van der Waals surface area contributed by atoms with Gasteiger partial charge in [-0.2, -0.15) is 0 Å². The number of carbonyl (C=O) groups excluding carboxylic acids is 1. The number of benzene rings is 1. The lowest BCUT2D eigenvalue weighted by molar-refractivity contribution is -0.140. The average molecular weight is 243 g/mol. The first-order valence-corrected chi connectivity index (χ1v) is 4.83. The Hall–Kier alpha value is -0.830. The Morgan fingerprint density at radius 1 is 1.54 bits per heavy atom. The molecule has 1 rings (SSSR count). The molecule has 0 atom stereocenters. The van der Waals surface area contributed by atoms with Crippen LogP contribution in [0.1, 0.15) is 12.0 Å². The van der Waals surface area contributed by atoms with Crippen LogP contribution in [0, 0.1) is 0 Å². The van der Waals surface area contributed by atoms with E-state index in [9.17, 15) is 4.79 Å². The van der Waals surface area contributed by atoms with Gasteiger partial charge in [-0.3, -0.25) is 4.79 Å². The van der Waals surface area contributed by atoms with Crippen LogP contribution in [0.25, 0.3) is 0 Å². The Bertz CT molecular complexity index is 297. The summed E-state index contributed by atoms with van der Waals surface area (Å²) in [7, 11) is 1.41. The molecule has 70 valence electrons. The zero-order valence-corrected chi connectivity index (χ0v) is 9.00. The van der Waals surface area contributed by atoms with Crippen molar-refractivity contribution in [3.63, 3.8) is 0 Å². The Morgan fingerprint density at radius 2 is 2.31 bits per heavy atom. The van der Waals surface area contributed by atoms with Gasteiger partial charge < -0.3 is 4.74 Å². The molecule has 0 aliphatic carbocycles. The predicted molar refractivity (Wildman–Crippen MR) is 54.5 cm³/mol. The molecule has 0 fully saturated rings. The van der Waals surface area contributed by atoms with Crippen molar-refractivity contribution in [3.05, 3.63) is 34.3 Å². The molecule has 1 aromatic carbocycles. The van der Waals surface area contributed by atoms with Crippen molar-refractivity contribution in [1.82, 2.24) is 0 Å². The van der Waals surface area contributed by atoms with E-state index < -0.39 is 0 Å². The molecule has 0 saturated heterocycles. The van der Waals surface area contributed by atoms with Crippen LogP contribution in [0.4, 0.5) is 0 Å². The van der Waals surface area contributed by atoms with Crippen LogP contribution in [-0.4, -0.2) is 13.1 Å². The van der Waals surface area contributed by atoms with Gasteiger partial charge in [0.05, 0.1) is 7.11 Å². The summed E-state index contributed by atoms with van der Waals surface area (Å²) < 4.78 is 5.59. The minimum Gasteiger partial charge on any atom is -0.469 e. The Morgan fingerprint density at radius 3 is 2.92 bits per heavy atom. The van der Waals surface area contributed by atoms with Gasteiger partial charge >= 0.3 is 5.97 Å². The number of ether oxygens (including phenoxy) is 1. The highest BCUT2D eigenvalue weighted by Crippen LogP contribution is 2.12. The number of hydrogen-bond donors (Lipinski definition) is 0. The molecule has 0 N–H and O–H groups in total. The molecular formula is C10H11BrO2. The lowest BCUT2D eigenvalue weighted by Gasteiger charge is -2.00. The number of rotatable bonds is 3. The normalized spacial score (nSPS) is 9.69. The van der Waals surface area contributed by atoms with Crippen LogP contribution in [0.3, 0.4) is 0 Å². The van der Waals surface area contributed by atoms with E-state index >= 15 is 0 Å². The van der Waals surface area contributed by atoms with Crippen LogP contribution < -0.4 is 0 Å². The summed E-state index contributed by atoms with van der Waals surface area (Å²) in [5.74, 6) is -0.167. The fourth-order valence-electron chi connectivity index (χ4n) is 1.04. The number of aryl methyl sites for hydroxylation is 1. The van der Waals surface area contributed by atoms with E-state index in [1.807, 2.05) is 24.3 Å². The van der Waals surface area contributed by atoms with E-state index in [4.69, 9.17) is 0 Å². The second-order valence-corrected chi connectivity index (χ2v) is 3.62. The van der Waals surface area contributed by atoms with E-state index in [1.54, 1.807) is 0 Å². The average Bonchev–Trinajstić information content (AvgIpc) is 2.14. The van der Waals surface area contributed by atoms with E-state index in [1.165, 1.54) is 7.11 Å². The number of carbonyl (C=O) groups is 1. The SMILES string of the molecule is COC(=O)CCc1cccc(Br)c1. The molecule has 0 aliphatic heterocycles. The molecule has 13 heavy (non-hydrogen) atoms. The summed E-state index contributed by atoms with van der Waals surface area (Å²) in [6.45, 7) is 0. The van der Waals surface area contributed by atoms with Gasteiger partial charge in [-0.1, -0.05) is 28.1 Å². The maximum atomic E-state index is 10.8. The fourth-order valence-corrected chi connectivity index (χ4v) is 1.49. The summed E-state index contributed by atoms with van der Waals surface area (Å²) in [4.78, 5) is 10.8. The van der Waals surface area contributed by atoms with Crippen LogP contribution in [0.5, 0.6) is 0 Å². The molecule has 3 heteroatoms. The molecule has 0 unspecified atom stereocenters. The number of hydrogen-bond acceptors (Lipinski definition) is 2. The number of methoxy groups -OCH3 is 1. The minimum absolute atomic E-state index is 0.167. The van der Waals surface area contributed by atoms with E-state index in [0.29, 0.717) is 6.42 Å². The molecule has 0 heterocycles. The van der Waals surface area contributed by atoms with Crippen molar-refractivity contribution in [1.29, 1.82) is 0 Å². The van der Waals surface area contributed by atoms with Crippen LogP contribution in [0.15, 0.2) is 28.7 Å². The van der Waals surface area contributed by atoms with Gasteiger partial charge in [-0.25, -0.2) is 0 Å². The van der Waals surface area contributed by atoms with Crippen LogP contribution >= 0.6 is 15.9 Å². The molecule has 1 aromatic rings. The van der Waals surface area contributed by atoms with Gasteiger partial charge in [0.2, 0.25) is 0 Å². The molecule has 0 radical (unpaired) electrons. The molecule has 0 saturated carbocycles. The van der Waals surface area contributed by atoms with Gasteiger partial charge in [0.15, 0.2) is 0 Å². The smallest absolute Gasteiger partial charge is 0.305 e. The highest BCUT2D eigenvalue weighted by atomic mass is 79.9. The first kappa shape index (κ1) is 10.3. The quantitative estimate of drug-likeness (QED) is 0.762. The lowest BCUT2D eigenvalue weighted by Crippen LogP contribution is -2.01. The van der Waals surface area contributed by atoms with Crippen molar-refractivity contribution in [2.45, 2.75) is 12.8 Å². The molecule has 0 bridgehead atoms. The standard InChI is InChI=1S/C10H11BrO2/c1-13-10(12)6-5-8-3-2-4-9(11)7-8/h2-4,7H,5-6H2,1H3. The maximum absolute atomic E-state index is 10.8. The van der Waals surface area contributed by atoms with Crippen molar-refractivity contribution in [2.75, 3.05) is 7.11 Å². The van der Waals surface area contributed by atoms with Gasteiger partial charge in [0, 0.05) is 10.9 Å². The van der Waals surface area contributed by atoms with Crippen LogP contribution in [-0.2, 0) is 16.0 Å². The summed E-state index contributed by atoms with van der Waals surface area (Å²) >= 11 is 3.37. The van der Waals surface area contributed by atoms with Crippen molar-refractivity contribution in [3.8, 4) is 0 Å². The monoisotopic (exact) mass is 242 g/mol. The van der Waals surface area contributed by atoms with Gasteiger partial charge in [-0.15, -0.1) is 0 Å². The Labute approximate surface area is 86.0 Å². The third-order valence-electron chi connectivity index (χ3n) is 1.73. The first-order chi connectivity index (χ1) is 6.22. The van der Waals surface area contributed by atoms with Crippen molar-refractivity contribution < 1.29 is 9.53 Å². The molecule has 0 aliphatic rings. The molecule has 0 amide bonds. The second-order valence-electron chi connectivity index (χ2n) is 2.71. The summed E-state index contributed by atoms with van der Waals surface area (Å²) in [5, 5.41) is 0. The van der Waals surface area contributed by atoms with Gasteiger partial charge in [-0.05, 0) is 24.1 Å².